The Balaban J connectivity index is 2.36. The van der Waals surface area contributed by atoms with Gasteiger partial charge in [0, 0.05) is 16.7 Å². The molecule has 0 spiro atoms. The minimum atomic E-state index is -2.18. The van der Waals surface area contributed by atoms with Crippen molar-refractivity contribution >= 4 is 31.8 Å². The Morgan fingerprint density at radius 3 is 2.15 bits per heavy atom. The molecule has 0 aliphatic heterocycles. The van der Waals surface area contributed by atoms with Crippen molar-refractivity contribution in [2.24, 2.45) is 0 Å². The predicted octanol–water partition coefficient (Wildman–Crippen LogP) is 6.06. The second-order valence-corrected chi connectivity index (χ2v) is 9.54. The molecule has 0 unspecified atom stereocenters. The molecule has 0 aliphatic carbocycles. The van der Waals surface area contributed by atoms with E-state index >= 15 is 0 Å². The molecule has 20 heavy (non-hydrogen) atoms. The highest BCUT2D eigenvalue weighted by molar-refractivity contribution is 6.65. The molecule has 0 atom stereocenters. The fraction of sp³-hybridized carbons (Fsp3) is 0.600. The van der Waals surface area contributed by atoms with E-state index in [1.54, 1.807) is 18.2 Å². The Kier molecular flexibility index (Phi) is 7.96. The standard InChI is InChI=1S/C15H24Cl2O2Si/c1-4-5-6-7-8-9-18-20(2,3)19-15-11-13(16)10-14(17)12-15/h10-12H,4-9H2,1-3H3. The summed E-state index contributed by atoms with van der Waals surface area (Å²) >= 11 is 11.9. The summed E-state index contributed by atoms with van der Waals surface area (Å²) < 4.78 is 11.9. The van der Waals surface area contributed by atoms with Gasteiger partial charge in [0.25, 0.3) is 0 Å². The van der Waals surface area contributed by atoms with Crippen LogP contribution in [0.1, 0.15) is 39.0 Å². The Morgan fingerprint density at radius 2 is 1.55 bits per heavy atom. The van der Waals surface area contributed by atoms with Gasteiger partial charge in [0.15, 0.2) is 0 Å². The maximum atomic E-state index is 5.96. The van der Waals surface area contributed by atoms with E-state index in [1.165, 1.54) is 25.7 Å². The lowest BCUT2D eigenvalue weighted by molar-refractivity contribution is 0.241. The summed E-state index contributed by atoms with van der Waals surface area (Å²) in [5, 5.41) is 1.16. The number of unbranched alkanes of at least 4 members (excludes halogenated alkanes) is 4. The summed E-state index contributed by atoms with van der Waals surface area (Å²) in [7, 11) is -2.18. The van der Waals surface area contributed by atoms with E-state index in [0.717, 1.165) is 13.0 Å². The second-order valence-electron chi connectivity index (χ2n) is 5.37. The van der Waals surface area contributed by atoms with Gasteiger partial charge >= 0.3 is 8.56 Å². The average molecular weight is 335 g/mol. The van der Waals surface area contributed by atoms with Crippen LogP contribution in [0.2, 0.25) is 23.1 Å². The number of halogens is 2. The highest BCUT2D eigenvalue weighted by atomic mass is 35.5. The Hall–Kier alpha value is -0.223. The van der Waals surface area contributed by atoms with Crippen molar-refractivity contribution in [1.29, 1.82) is 0 Å². The first kappa shape index (κ1) is 17.8. The van der Waals surface area contributed by atoms with Crippen LogP contribution in [0.3, 0.4) is 0 Å². The summed E-state index contributed by atoms with van der Waals surface area (Å²) in [5.74, 6) is 0.685. The fourth-order valence-electron chi connectivity index (χ4n) is 1.92. The van der Waals surface area contributed by atoms with Gasteiger partial charge in [-0.2, -0.15) is 0 Å². The Morgan fingerprint density at radius 1 is 0.950 bits per heavy atom. The lowest BCUT2D eigenvalue weighted by Crippen LogP contribution is -2.38. The van der Waals surface area contributed by atoms with Crippen molar-refractivity contribution in [3.63, 3.8) is 0 Å². The summed E-state index contributed by atoms with van der Waals surface area (Å²) in [4.78, 5) is 0. The third-order valence-corrected chi connectivity index (χ3v) is 4.96. The molecule has 2 nitrogen and oxygen atoms in total. The molecule has 0 heterocycles. The molecule has 0 radical (unpaired) electrons. The largest absolute Gasteiger partial charge is 0.520 e. The molecule has 1 aromatic carbocycles. The van der Waals surface area contributed by atoms with Crippen LogP contribution >= 0.6 is 23.2 Å². The van der Waals surface area contributed by atoms with Gasteiger partial charge in [-0.3, -0.25) is 0 Å². The summed E-state index contributed by atoms with van der Waals surface area (Å²) in [6, 6.07) is 5.23. The Bertz CT molecular complexity index is 391. The molecule has 0 N–H and O–H groups in total. The van der Waals surface area contributed by atoms with E-state index in [9.17, 15) is 0 Å². The van der Waals surface area contributed by atoms with Crippen LogP contribution in [-0.4, -0.2) is 15.2 Å². The van der Waals surface area contributed by atoms with Crippen LogP contribution in [0, 0.1) is 0 Å². The molecule has 0 fully saturated rings. The maximum Gasteiger partial charge on any atom is 0.392 e. The van der Waals surface area contributed by atoms with Gasteiger partial charge in [0.05, 0.1) is 0 Å². The fourth-order valence-corrected chi connectivity index (χ4v) is 3.81. The molecule has 0 aromatic heterocycles. The molecule has 1 rings (SSSR count). The normalized spacial score (nSPS) is 11.7. The van der Waals surface area contributed by atoms with Crippen molar-refractivity contribution in [2.45, 2.75) is 52.1 Å². The van der Waals surface area contributed by atoms with Crippen molar-refractivity contribution in [3.8, 4) is 5.75 Å². The Labute approximate surface area is 133 Å². The van der Waals surface area contributed by atoms with Gasteiger partial charge in [-0.05, 0) is 37.7 Å². The van der Waals surface area contributed by atoms with Gasteiger partial charge in [0.1, 0.15) is 5.75 Å². The first-order valence-electron chi connectivity index (χ1n) is 7.22. The van der Waals surface area contributed by atoms with Gasteiger partial charge in [-0.1, -0.05) is 55.8 Å². The van der Waals surface area contributed by atoms with E-state index in [4.69, 9.17) is 32.1 Å². The zero-order chi connectivity index (χ0) is 15.0. The first-order chi connectivity index (χ1) is 9.43. The maximum absolute atomic E-state index is 5.96. The van der Waals surface area contributed by atoms with E-state index in [0.29, 0.717) is 15.8 Å². The van der Waals surface area contributed by atoms with Crippen LogP contribution < -0.4 is 4.43 Å². The molecule has 0 saturated heterocycles. The average Bonchev–Trinajstić information content (AvgIpc) is 2.31. The zero-order valence-electron chi connectivity index (χ0n) is 12.5. The predicted molar refractivity (Wildman–Crippen MR) is 89.3 cm³/mol. The summed E-state index contributed by atoms with van der Waals surface area (Å²) in [6.45, 7) is 7.05. The van der Waals surface area contributed by atoms with Gasteiger partial charge in [0.2, 0.25) is 0 Å². The first-order valence-corrected chi connectivity index (χ1v) is 10.8. The minimum Gasteiger partial charge on any atom is -0.520 e. The van der Waals surface area contributed by atoms with E-state index < -0.39 is 8.56 Å². The molecule has 0 bridgehead atoms. The van der Waals surface area contributed by atoms with Crippen molar-refractivity contribution in [2.75, 3.05) is 6.61 Å². The van der Waals surface area contributed by atoms with E-state index in [2.05, 4.69) is 6.92 Å². The monoisotopic (exact) mass is 334 g/mol. The molecular formula is C15H24Cl2O2Si. The number of benzene rings is 1. The molecule has 0 amide bonds. The smallest absolute Gasteiger partial charge is 0.392 e. The molecule has 5 heteroatoms. The topological polar surface area (TPSA) is 18.5 Å². The van der Waals surface area contributed by atoms with Crippen LogP contribution in [0.4, 0.5) is 0 Å². The highest BCUT2D eigenvalue weighted by Crippen LogP contribution is 2.26. The quantitative estimate of drug-likeness (QED) is 0.403. The third kappa shape index (κ3) is 7.53. The van der Waals surface area contributed by atoms with Gasteiger partial charge < -0.3 is 8.85 Å². The number of hydrogen-bond donors (Lipinski definition) is 0. The van der Waals surface area contributed by atoms with Crippen LogP contribution in [0.25, 0.3) is 0 Å². The van der Waals surface area contributed by atoms with Crippen LogP contribution in [0.5, 0.6) is 5.75 Å². The zero-order valence-corrected chi connectivity index (χ0v) is 15.1. The lowest BCUT2D eigenvalue weighted by Gasteiger charge is -2.24. The molecule has 0 aliphatic rings. The van der Waals surface area contributed by atoms with Gasteiger partial charge in [-0.15, -0.1) is 0 Å². The lowest BCUT2D eigenvalue weighted by atomic mass is 10.2. The summed E-state index contributed by atoms with van der Waals surface area (Å²) in [5.41, 5.74) is 0. The van der Waals surface area contributed by atoms with Crippen molar-refractivity contribution in [1.82, 2.24) is 0 Å². The third-order valence-electron chi connectivity index (χ3n) is 2.90. The highest BCUT2D eigenvalue weighted by Gasteiger charge is 2.26. The van der Waals surface area contributed by atoms with E-state index in [-0.39, 0.29) is 0 Å². The van der Waals surface area contributed by atoms with E-state index in [1.807, 2.05) is 13.1 Å². The minimum absolute atomic E-state index is 0.580. The van der Waals surface area contributed by atoms with Crippen LogP contribution in [0.15, 0.2) is 18.2 Å². The molecule has 1 aromatic rings. The molecule has 0 saturated carbocycles. The van der Waals surface area contributed by atoms with Gasteiger partial charge in [-0.25, -0.2) is 0 Å². The molecule has 114 valence electrons. The van der Waals surface area contributed by atoms with Crippen LogP contribution in [-0.2, 0) is 4.43 Å². The summed E-state index contributed by atoms with van der Waals surface area (Å²) in [6.07, 6.45) is 6.17. The van der Waals surface area contributed by atoms with Crippen molar-refractivity contribution < 1.29 is 8.85 Å². The second kappa shape index (κ2) is 8.93. The van der Waals surface area contributed by atoms with Crippen molar-refractivity contribution in [3.05, 3.63) is 28.2 Å². The number of hydrogen-bond acceptors (Lipinski definition) is 2. The number of rotatable bonds is 9. The molecular weight excluding hydrogens is 311 g/mol. The SMILES string of the molecule is CCCCCCCO[Si](C)(C)Oc1cc(Cl)cc(Cl)c1.